The van der Waals surface area contributed by atoms with Gasteiger partial charge in [-0.3, -0.25) is 0 Å². The van der Waals surface area contributed by atoms with Gasteiger partial charge in [0.15, 0.2) is 0 Å². The number of hydrogen-bond donors (Lipinski definition) is 1. The summed E-state index contributed by atoms with van der Waals surface area (Å²) in [4.78, 5) is 8.76. The van der Waals surface area contributed by atoms with Gasteiger partial charge in [0.25, 0.3) is 5.88 Å². The van der Waals surface area contributed by atoms with Gasteiger partial charge in [-0.25, -0.2) is 4.98 Å². The van der Waals surface area contributed by atoms with Crippen LogP contribution in [-0.4, -0.2) is 22.8 Å². The molecule has 0 saturated carbocycles. The first kappa shape index (κ1) is 13.6. The fourth-order valence-corrected chi connectivity index (χ4v) is 2.00. The second-order valence-electron chi connectivity index (χ2n) is 3.63. The number of ether oxygens (including phenoxy) is 1. The van der Waals surface area contributed by atoms with Crippen LogP contribution in [0.4, 0.5) is 10.3 Å². The van der Waals surface area contributed by atoms with Crippen LogP contribution in [0.25, 0.3) is 0 Å². The van der Waals surface area contributed by atoms with Crippen molar-refractivity contribution in [3.8, 4) is 11.6 Å². The molecule has 2 rings (SSSR count). The van der Waals surface area contributed by atoms with Crippen molar-refractivity contribution in [1.82, 2.24) is 9.97 Å². The highest BCUT2D eigenvalue weighted by Gasteiger charge is 2.11. The van der Waals surface area contributed by atoms with Gasteiger partial charge >= 0.3 is 0 Å². The Hall–Kier alpha value is -1.82. The van der Waals surface area contributed by atoms with E-state index in [0.717, 1.165) is 11.1 Å². The Morgan fingerprint density at radius 1 is 1.37 bits per heavy atom. The molecule has 0 unspecified atom stereocenters. The van der Waals surface area contributed by atoms with Crippen molar-refractivity contribution in [3.63, 3.8) is 0 Å². The van der Waals surface area contributed by atoms with Crippen molar-refractivity contribution in [2.24, 2.45) is 0 Å². The lowest BCUT2D eigenvalue weighted by Crippen LogP contribution is -2.04. The van der Waals surface area contributed by atoms with E-state index in [9.17, 15) is 4.39 Å². The second kappa shape index (κ2) is 6.38. The topological polar surface area (TPSA) is 47.0 Å². The molecule has 0 saturated heterocycles. The van der Waals surface area contributed by atoms with Gasteiger partial charge in [-0.15, -0.1) is 11.8 Å². The summed E-state index contributed by atoms with van der Waals surface area (Å²) in [5.74, 6) is 0.264. The molecule has 1 aromatic carbocycles. The lowest BCUT2D eigenvalue weighted by molar-refractivity contribution is 0.413. The average molecular weight is 279 g/mol. The molecule has 2 aromatic rings. The zero-order valence-corrected chi connectivity index (χ0v) is 11.5. The van der Waals surface area contributed by atoms with Crippen LogP contribution in [-0.2, 0) is 0 Å². The SMILES string of the molecule is CCNc1ncc(F)c(Oc2ccccc2SC)n1. The van der Waals surface area contributed by atoms with Gasteiger partial charge < -0.3 is 10.1 Å². The van der Waals surface area contributed by atoms with Crippen molar-refractivity contribution in [2.45, 2.75) is 11.8 Å². The first-order valence-electron chi connectivity index (χ1n) is 5.82. The largest absolute Gasteiger partial charge is 0.435 e. The van der Waals surface area contributed by atoms with Gasteiger partial charge in [0.05, 0.1) is 6.20 Å². The standard InChI is InChI=1S/C13H14FN3OS/c1-3-15-13-16-8-9(14)12(17-13)18-10-6-4-5-7-11(10)19-2/h4-8H,3H2,1-2H3,(H,15,16,17). The number of nitrogens with one attached hydrogen (secondary N) is 1. The highest BCUT2D eigenvalue weighted by Crippen LogP contribution is 2.31. The molecule has 100 valence electrons. The van der Waals surface area contributed by atoms with Crippen molar-refractivity contribution in [2.75, 3.05) is 18.1 Å². The van der Waals surface area contributed by atoms with Gasteiger partial charge in [-0.1, -0.05) is 12.1 Å². The van der Waals surface area contributed by atoms with Crippen molar-refractivity contribution >= 4 is 17.7 Å². The fourth-order valence-electron chi connectivity index (χ4n) is 1.47. The van der Waals surface area contributed by atoms with E-state index >= 15 is 0 Å². The molecule has 0 amide bonds. The molecule has 6 heteroatoms. The smallest absolute Gasteiger partial charge is 0.260 e. The van der Waals surface area contributed by atoms with Crippen LogP contribution in [0.15, 0.2) is 35.4 Å². The summed E-state index contributed by atoms with van der Waals surface area (Å²) in [5, 5.41) is 2.92. The molecular weight excluding hydrogens is 265 g/mol. The maximum absolute atomic E-state index is 13.6. The number of rotatable bonds is 5. The van der Waals surface area contributed by atoms with Crippen LogP contribution in [0.5, 0.6) is 11.6 Å². The molecule has 0 atom stereocenters. The highest BCUT2D eigenvalue weighted by molar-refractivity contribution is 7.98. The fraction of sp³-hybridized carbons (Fsp3) is 0.231. The lowest BCUT2D eigenvalue weighted by atomic mass is 10.3. The zero-order valence-electron chi connectivity index (χ0n) is 10.7. The predicted molar refractivity (Wildman–Crippen MR) is 74.5 cm³/mol. The molecule has 0 aliphatic carbocycles. The van der Waals surface area contributed by atoms with E-state index in [-0.39, 0.29) is 5.88 Å². The van der Waals surface area contributed by atoms with E-state index < -0.39 is 5.82 Å². The number of nitrogens with zero attached hydrogens (tertiary/aromatic N) is 2. The first-order valence-corrected chi connectivity index (χ1v) is 7.04. The normalized spacial score (nSPS) is 10.3. The highest BCUT2D eigenvalue weighted by atomic mass is 32.2. The van der Waals surface area contributed by atoms with Gasteiger partial charge in [-0.2, -0.15) is 9.37 Å². The number of hydrogen-bond acceptors (Lipinski definition) is 5. The molecule has 1 aromatic heterocycles. The average Bonchev–Trinajstić information content (AvgIpc) is 2.43. The van der Waals surface area contributed by atoms with Crippen LogP contribution < -0.4 is 10.1 Å². The van der Waals surface area contributed by atoms with Crippen LogP contribution in [0.3, 0.4) is 0 Å². The molecular formula is C13H14FN3OS. The minimum absolute atomic E-state index is 0.0764. The van der Waals surface area contributed by atoms with Crippen LogP contribution >= 0.6 is 11.8 Å². The van der Waals surface area contributed by atoms with Gasteiger partial charge in [0.2, 0.25) is 11.8 Å². The van der Waals surface area contributed by atoms with E-state index in [0.29, 0.717) is 18.2 Å². The van der Waals surface area contributed by atoms with Crippen molar-refractivity contribution in [1.29, 1.82) is 0 Å². The summed E-state index contributed by atoms with van der Waals surface area (Å²) >= 11 is 1.53. The van der Waals surface area contributed by atoms with Crippen LogP contribution in [0.2, 0.25) is 0 Å². The Labute approximate surface area is 115 Å². The molecule has 1 heterocycles. The van der Waals surface area contributed by atoms with Crippen LogP contribution in [0, 0.1) is 5.82 Å². The number of anilines is 1. The third kappa shape index (κ3) is 3.35. The number of benzene rings is 1. The Morgan fingerprint density at radius 3 is 2.89 bits per heavy atom. The number of aromatic nitrogens is 2. The minimum atomic E-state index is -0.586. The van der Waals surface area contributed by atoms with E-state index in [1.165, 1.54) is 11.8 Å². The molecule has 19 heavy (non-hydrogen) atoms. The van der Waals surface area contributed by atoms with E-state index in [2.05, 4.69) is 15.3 Å². The number of thioether (sulfide) groups is 1. The maximum Gasteiger partial charge on any atom is 0.260 e. The molecule has 0 radical (unpaired) electrons. The minimum Gasteiger partial charge on any atom is -0.435 e. The summed E-state index contributed by atoms with van der Waals surface area (Å²) in [6.45, 7) is 2.57. The Bertz CT molecular complexity index is 565. The molecule has 0 fully saturated rings. The molecule has 1 N–H and O–H groups in total. The summed E-state index contributed by atoms with van der Waals surface area (Å²) in [5.41, 5.74) is 0. The van der Waals surface area contributed by atoms with Gasteiger partial charge in [0.1, 0.15) is 5.75 Å². The first-order chi connectivity index (χ1) is 9.24. The zero-order chi connectivity index (χ0) is 13.7. The Balaban J connectivity index is 2.29. The van der Waals surface area contributed by atoms with Crippen LogP contribution in [0.1, 0.15) is 6.92 Å². The van der Waals surface area contributed by atoms with E-state index in [4.69, 9.17) is 4.74 Å². The van der Waals surface area contributed by atoms with Crippen molar-refractivity contribution in [3.05, 3.63) is 36.3 Å². The molecule has 0 bridgehead atoms. The molecule has 4 nitrogen and oxygen atoms in total. The monoisotopic (exact) mass is 279 g/mol. The summed E-state index contributed by atoms with van der Waals surface area (Å²) in [6.07, 6.45) is 3.03. The molecule has 0 aliphatic rings. The predicted octanol–water partition coefficient (Wildman–Crippen LogP) is 3.56. The second-order valence-corrected chi connectivity index (χ2v) is 4.48. The van der Waals surface area contributed by atoms with Gasteiger partial charge in [0, 0.05) is 11.4 Å². The van der Waals surface area contributed by atoms with Gasteiger partial charge in [-0.05, 0) is 25.3 Å². The maximum atomic E-state index is 13.6. The lowest BCUT2D eigenvalue weighted by Gasteiger charge is -2.10. The third-order valence-corrected chi connectivity index (χ3v) is 3.10. The number of halogens is 1. The molecule has 0 aliphatic heterocycles. The third-order valence-electron chi connectivity index (χ3n) is 2.32. The summed E-state index contributed by atoms with van der Waals surface area (Å²) < 4.78 is 19.2. The van der Waals surface area contributed by atoms with E-state index in [1.54, 1.807) is 6.07 Å². The van der Waals surface area contributed by atoms with E-state index in [1.807, 2.05) is 31.4 Å². The number of para-hydroxylation sites is 1. The summed E-state index contributed by atoms with van der Waals surface area (Å²) in [6, 6.07) is 7.42. The Morgan fingerprint density at radius 2 is 2.16 bits per heavy atom. The summed E-state index contributed by atoms with van der Waals surface area (Å²) in [7, 11) is 0. The molecule has 0 spiro atoms. The Kier molecular flexibility index (Phi) is 4.57. The quantitative estimate of drug-likeness (QED) is 0.848. The van der Waals surface area contributed by atoms with Crippen molar-refractivity contribution < 1.29 is 9.13 Å².